The summed E-state index contributed by atoms with van der Waals surface area (Å²) in [5.41, 5.74) is 3.10. The van der Waals surface area contributed by atoms with E-state index in [9.17, 15) is 19.1 Å². The molecular weight excluding hydrogens is 475 g/mol. The standard InChI is InChI=1S/C29H29FN2O5/c1-18-13-24-20(14-27(33)34)5-4-12-29(24,2)32(18)28(35)19-6-9-22(10-7-19)36-17-23-16-31(3)25-11-8-21(30)15-26(25)37-23/h4-11,13,15,23H,12,14,16-17H2,1-3H3,(H,33,34). The molecule has 2 aromatic rings. The maximum absolute atomic E-state index is 13.6. The van der Waals surface area contributed by atoms with E-state index in [0.29, 0.717) is 30.0 Å². The van der Waals surface area contributed by atoms with Crippen LogP contribution in [0, 0.1) is 5.82 Å². The summed E-state index contributed by atoms with van der Waals surface area (Å²) in [4.78, 5) is 28.7. The average Bonchev–Trinajstić information content (AvgIpc) is 3.12. The molecule has 2 atom stereocenters. The maximum Gasteiger partial charge on any atom is 0.307 e. The van der Waals surface area contributed by atoms with Crippen molar-refractivity contribution in [3.8, 4) is 11.5 Å². The van der Waals surface area contributed by atoms with Gasteiger partial charge in [-0.2, -0.15) is 0 Å². The Labute approximate surface area is 215 Å². The second kappa shape index (κ2) is 9.42. The molecule has 7 nitrogen and oxygen atoms in total. The molecule has 1 N–H and O–H groups in total. The number of anilines is 1. The highest BCUT2D eigenvalue weighted by molar-refractivity contribution is 5.97. The lowest BCUT2D eigenvalue weighted by Crippen LogP contribution is -2.47. The van der Waals surface area contributed by atoms with Gasteiger partial charge in [-0.1, -0.05) is 12.2 Å². The minimum atomic E-state index is -0.899. The lowest BCUT2D eigenvalue weighted by Gasteiger charge is -2.39. The molecule has 0 bridgehead atoms. The van der Waals surface area contributed by atoms with Crippen molar-refractivity contribution in [3.05, 3.63) is 88.9 Å². The molecule has 1 aliphatic carbocycles. The highest BCUT2D eigenvalue weighted by Gasteiger charge is 2.45. The maximum atomic E-state index is 13.6. The Hall–Kier alpha value is -4.07. The number of allylic oxidation sites excluding steroid dienone is 2. The zero-order chi connectivity index (χ0) is 26.3. The Kier molecular flexibility index (Phi) is 6.27. The normalized spacial score (nSPS) is 22.3. The molecule has 0 saturated carbocycles. The van der Waals surface area contributed by atoms with Gasteiger partial charge in [0.1, 0.15) is 30.0 Å². The summed E-state index contributed by atoms with van der Waals surface area (Å²) in [5.74, 6) is -0.319. The van der Waals surface area contributed by atoms with Gasteiger partial charge in [-0.3, -0.25) is 9.59 Å². The number of hydrogen-bond donors (Lipinski definition) is 1. The van der Waals surface area contributed by atoms with Crippen LogP contribution in [0.1, 0.15) is 37.0 Å². The van der Waals surface area contributed by atoms with Crippen molar-refractivity contribution >= 4 is 17.6 Å². The highest BCUT2D eigenvalue weighted by atomic mass is 19.1. The molecule has 2 unspecified atom stereocenters. The third-order valence-electron chi connectivity index (χ3n) is 7.15. The van der Waals surface area contributed by atoms with Crippen molar-refractivity contribution in [2.24, 2.45) is 0 Å². The van der Waals surface area contributed by atoms with Crippen LogP contribution in [0.25, 0.3) is 0 Å². The van der Waals surface area contributed by atoms with Gasteiger partial charge in [-0.15, -0.1) is 0 Å². The second-order valence-electron chi connectivity index (χ2n) is 9.88. The number of carboxylic acids is 1. The number of rotatable bonds is 6. The van der Waals surface area contributed by atoms with E-state index in [2.05, 4.69) is 0 Å². The molecule has 37 heavy (non-hydrogen) atoms. The summed E-state index contributed by atoms with van der Waals surface area (Å²) in [6.45, 7) is 4.71. The summed E-state index contributed by atoms with van der Waals surface area (Å²) in [7, 11) is 1.93. The lowest BCUT2D eigenvalue weighted by molar-refractivity contribution is -0.136. The number of carbonyl (C=O) groups is 2. The van der Waals surface area contributed by atoms with Crippen molar-refractivity contribution < 1.29 is 28.6 Å². The molecule has 0 aromatic heterocycles. The molecule has 0 spiro atoms. The molecular formula is C29H29FN2O5. The minimum absolute atomic E-state index is 0.0830. The van der Waals surface area contributed by atoms with Crippen LogP contribution >= 0.6 is 0 Å². The zero-order valence-corrected chi connectivity index (χ0v) is 21.0. The van der Waals surface area contributed by atoms with Gasteiger partial charge in [0.05, 0.1) is 24.2 Å². The van der Waals surface area contributed by atoms with E-state index in [1.807, 2.05) is 44.0 Å². The summed E-state index contributed by atoms with van der Waals surface area (Å²) < 4.78 is 25.5. The Morgan fingerprint density at radius 3 is 2.70 bits per heavy atom. The van der Waals surface area contributed by atoms with Crippen molar-refractivity contribution in [2.75, 3.05) is 25.1 Å². The van der Waals surface area contributed by atoms with Gasteiger partial charge in [0.25, 0.3) is 5.91 Å². The number of ether oxygens (including phenoxy) is 2. The lowest BCUT2D eigenvalue weighted by atomic mass is 9.81. The topological polar surface area (TPSA) is 79.3 Å². The van der Waals surface area contributed by atoms with E-state index in [4.69, 9.17) is 9.47 Å². The first kappa shape index (κ1) is 24.6. The van der Waals surface area contributed by atoms with Crippen molar-refractivity contribution in [3.63, 3.8) is 0 Å². The Morgan fingerprint density at radius 2 is 1.97 bits per heavy atom. The van der Waals surface area contributed by atoms with Crippen molar-refractivity contribution in [1.29, 1.82) is 0 Å². The van der Waals surface area contributed by atoms with Gasteiger partial charge in [-0.05, 0) is 73.9 Å². The first-order valence-corrected chi connectivity index (χ1v) is 12.2. The largest absolute Gasteiger partial charge is 0.490 e. The number of fused-ring (bicyclic) bond motifs is 2. The van der Waals surface area contributed by atoms with Gasteiger partial charge in [0.2, 0.25) is 0 Å². The molecule has 3 aliphatic rings. The van der Waals surface area contributed by atoms with Crippen LogP contribution in [0.15, 0.2) is 77.5 Å². The van der Waals surface area contributed by atoms with Gasteiger partial charge >= 0.3 is 5.97 Å². The van der Waals surface area contributed by atoms with E-state index in [1.54, 1.807) is 35.2 Å². The average molecular weight is 505 g/mol. The monoisotopic (exact) mass is 504 g/mol. The number of halogens is 1. The molecule has 0 radical (unpaired) electrons. The molecule has 0 saturated heterocycles. The highest BCUT2D eigenvalue weighted by Crippen LogP contribution is 2.45. The number of aliphatic carboxylic acids is 1. The molecule has 8 heteroatoms. The van der Waals surface area contributed by atoms with Crippen LogP contribution in [0.4, 0.5) is 10.1 Å². The number of amides is 1. The zero-order valence-electron chi connectivity index (χ0n) is 21.0. The van der Waals surface area contributed by atoms with Crippen LogP contribution in [0.3, 0.4) is 0 Å². The van der Waals surface area contributed by atoms with E-state index in [-0.39, 0.29) is 30.9 Å². The smallest absolute Gasteiger partial charge is 0.307 e. The van der Waals surface area contributed by atoms with Crippen LogP contribution in [-0.4, -0.2) is 53.7 Å². The molecule has 2 aromatic carbocycles. The van der Waals surface area contributed by atoms with Gasteiger partial charge in [0, 0.05) is 24.4 Å². The Balaban J connectivity index is 1.27. The van der Waals surface area contributed by atoms with Crippen molar-refractivity contribution in [2.45, 2.75) is 38.3 Å². The SMILES string of the molecule is CC1=CC2=C(CC(=O)O)C=CCC2(C)N1C(=O)c1ccc(OCC2CN(C)c3ccc(F)cc3O2)cc1. The molecule has 2 aliphatic heterocycles. The molecule has 1 amide bonds. The predicted octanol–water partition coefficient (Wildman–Crippen LogP) is 4.95. The number of nitrogens with zero attached hydrogens (tertiary/aromatic N) is 2. The second-order valence-corrected chi connectivity index (χ2v) is 9.88. The third kappa shape index (κ3) is 4.59. The fourth-order valence-corrected chi connectivity index (χ4v) is 5.42. The summed E-state index contributed by atoms with van der Waals surface area (Å²) in [6, 6.07) is 11.4. The molecule has 0 fully saturated rings. The van der Waals surface area contributed by atoms with Gasteiger partial charge < -0.3 is 24.4 Å². The fourth-order valence-electron chi connectivity index (χ4n) is 5.42. The molecule has 5 rings (SSSR count). The first-order valence-electron chi connectivity index (χ1n) is 12.2. The van der Waals surface area contributed by atoms with Gasteiger partial charge in [0.15, 0.2) is 0 Å². The van der Waals surface area contributed by atoms with Crippen LogP contribution in [-0.2, 0) is 4.79 Å². The molecule has 192 valence electrons. The Bertz CT molecular complexity index is 1350. The van der Waals surface area contributed by atoms with E-state index in [1.165, 1.54) is 12.1 Å². The van der Waals surface area contributed by atoms with E-state index < -0.39 is 11.5 Å². The van der Waals surface area contributed by atoms with Crippen LogP contribution in [0.5, 0.6) is 11.5 Å². The van der Waals surface area contributed by atoms with Crippen molar-refractivity contribution in [1.82, 2.24) is 4.90 Å². The number of likely N-dealkylation sites (N-methyl/N-ethyl adjacent to an activating group) is 1. The quantitative estimate of drug-likeness (QED) is 0.600. The number of carbonyl (C=O) groups excluding carboxylic acids is 1. The fraction of sp³-hybridized carbons (Fsp3) is 0.310. The van der Waals surface area contributed by atoms with Crippen LogP contribution in [0.2, 0.25) is 0 Å². The summed E-state index contributed by atoms with van der Waals surface area (Å²) in [5, 5.41) is 9.30. The number of benzene rings is 2. The summed E-state index contributed by atoms with van der Waals surface area (Å²) in [6.07, 6.45) is 5.95. The van der Waals surface area contributed by atoms with E-state index in [0.717, 1.165) is 22.5 Å². The molecule has 2 heterocycles. The minimum Gasteiger partial charge on any atom is -0.490 e. The van der Waals surface area contributed by atoms with Crippen LogP contribution < -0.4 is 14.4 Å². The first-order chi connectivity index (χ1) is 17.7. The number of hydrogen-bond acceptors (Lipinski definition) is 5. The van der Waals surface area contributed by atoms with E-state index >= 15 is 0 Å². The number of carboxylic acid groups (broad SMARTS) is 1. The Morgan fingerprint density at radius 1 is 1.22 bits per heavy atom. The summed E-state index contributed by atoms with van der Waals surface area (Å²) >= 11 is 0. The van der Waals surface area contributed by atoms with Gasteiger partial charge in [-0.25, -0.2) is 4.39 Å². The predicted molar refractivity (Wildman–Crippen MR) is 137 cm³/mol. The third-order valence-corrected chi connectivity index (χ3v) is 7.15.